The number of carboxylic acid groups (broad SMARTS) is 1. The van der Waals surface area contributed by atoms with E-state index in [9.17, 15) is 19.5 Å². The van der Waals surface area contributed by atoms with Crippen molar-refractivity contribution < 1.29 is 24.2 Å². The van der Waals surface area contributed by atoms with Gasteiger partial charge < -0.3 is 20.9 Å². The number of rotatable bonds is 42. The van der Waals surface area contributed by atoms with Crippen LogP contribution >= 0.6 is 0 Å². The Bertz CT molecular complexity index is 1020. The van der Waals surface area contributed by atoms with Crippen molar-refractivity contribution in [2.24, 2.45) is 5.73 Å². The van der Waals surface area contributed by atoms with Gasteiger partial charge in [0.15, 0.2) is 0 Å². The number of amides is 1. The van der Waals surface area contributed by atoms with E-state index in [0.29, 0.717) is 32.2 Å². The molecule has 7 nitrogen and oxygen atoms in total. The third-order valence-electron chi connectivity index (χ3n) is 10.4. The summed E-state index contributed by atoms with van der Waals surface area (Å²) in [4.78, 5) is 36.3. The summed E-state index contributed by atoms with van der Waals surface area (Å²) >= 11 is 0. The van der Waals surface area contributed by atoms with Crippen LogP contribution in [0.3, 0.4) is 0 Å². The molecule has 0 heterocycles. The fourth-order valence-corrected chi connectivity index (χ4v) is 6.78. The number of hydrogen-bond acceptors (Lipinski definition) is 5. The topological polar surface area (TPSA) is 119 Å². The van der Waals surface area contributed by atoms with Crippen LogP contribution in [-0.4, -0.2) is 41.6 Å². The van der Waals surface area contributed by atoms with E-state index >= 15 is 0 Å². The Hall–Kier alpha value is -2.67. The number of allylic oxidation sites excluding steroid dienone is 7. The zero-order chi connectivity index (χ0) is 41.0. The standard InChI is InChI=1S/C49H88N2O5/c1-3-5-7-9-11-13-14-15-16-17-18-19-20-21-22-23-24-25-27-33-37-43-48(53)56-45(39-34-30-26-12-10-8-6-4-2)40-35-31-28-29-32-36-42-47(52)51-46(49(54)55)41-38-44-50/h12,14-15,17-18,26,34,39,45-46H,3-11,13,16,19-25,27-33,35-38,40-44,50H2,1-2H3,(H,51,52)(H,54,55)/b15-14-,18-17-,26-12-,39-34-. The fourth-order valence-electron chi connectivity index (χ4n) is 6.78. The van der Waals surface area contributed by atoms with Gasteiger partial charge in [-0.15, -0.1) is 0 Å². The third-order valence-corrected chi connectivity index (χ3v) is 10.4. The number of unbranched alkanes of at least 4 members (excludes halogenated alkanes) is 22. The first-order valence-electron chi connectivity index (χ1n) is 23.5. The van der Waals surface area contributed by atoms with E-state index in [0.717, 1.165) is 77.0 Å². The van der Waals surface area contributed by atoms with Crippen molar-refractivity contribution in [1.82, 2.24) is 5.32 Å². The molecule has 2 unspecified atom stereocenters. The minimum absolute atomic E-state index is 0.0796. The minimum Gasteiger partial charge on any atom is -0.480 e. The highest BCUT2D eigenvalue weighted by Gasteiger charge is 2.18. The molecule has 0 aromatic rings. The summed E-state index contributed by atoms with van der Waals surface area (Å²) in [6.07, 6.45) is 53.3. The molecule has 0 aliphatic heterocycles. The Labute approximate surface area is 345 Å². The van der Waals surface area contributed by atoms with Crippen molar-refractivity contribution in [2.45, 2.75) is 238 Å². The lowest BCUT2D eigenvalue weighted by Crippen LogP contribution is -2.40. The lowest BCUT2D eigenvalue weighted by Gasteiger charge is -2.15. The van der Waals surface area contributed by atoms with Crippen molar-refractivity contribution in [3.63, 3.8) is 0 Å². The number of aliphatic carboxylic acids is 1. The third kappa shape index (κ3) is 39.6. The van der Waals surface area contributed by atoms with E-state index in [2.05, 4.69) is 67.8 Å². The summed E-state index contributed by atoms with van der Waals surface area (Å²) in [6, 6.07) is -0.857. The number of nitrogens with two attached hydrogens (primary N) is 1. The van der Waals surface area contributed by atoms with Gasteiger partial charge in [0.2, 0.25) is 5.91 Å². The summed E-state index contributed by atoms with van der Waals surface area (Å²) in [5, 5.41) is 11.9. The Morgan fingerprint density at radius 3 is 1.52 bits per heavy atom. The van der Waals surface area contributed by atoms with Crippen LogP contribution < -0.4 is 11.1 Å². The van der Waals surface area contributed by atoms with Gasteiger partial charge in [0.1, 0.15) is 12.1 Å². The van der Waals surface area contributed by atoms with E-state index < -0.39 is 12.0 Å². The number of carbonyl (C=O) groups is 3. The second kappa shape index (κ2) is 43.5. The number of carboxylic acids is 1. The molecule has 0 spiro atoms. The number of esters is 1. The van der Waals surface area contributed by atoms with Gasteiger partial charge in [0.05, 0.1) is 0 Å². The van der Waals surface area contributed by atoms with Gasteiger partial charge in [-0.25, -0.2) is 4.79 Å². The lowest BCUT2D eigenvalue weighted by molar-refractivity contribution is -0.147. The van der Waals surface area contributed by atoms with E-state index in [1.165, 1.54) is 109 Å². The molecule has 0 aliphatic carbocycles. The molecule has 0 aromatic heterocycles. The first-order valence-corrected chi connectivity index (χ1v) is 23.5. The molecule has 2 atom stereocenters. The molecule has 0 saturated heterocycles. The molecule has 0 aliphatic rings. The average Bonchev–Trinajstić information content (AvgIpc) is 3.18. The predicted octanol–water partition coefficient (Wildman–Crippen LogP) is 13.6. The van der Waals surface area contributed by atoms with Crippen molar-refractivity contribution in [3.05, 3.63) is 48.6 Å². The van der Waals surface area contributed by atoms with Crippen LogP contribution in [0.2, 0.25) is 0 Å². The molecule has 56 heavy (non-hydrogen) atoms. The first-order chi connectivity index (χ1) is 27.4. The molecule has 4 N–H and O–H groups in total. The lowest BCUT2D eigenvalue weighted by atomic mass is 10.0. The van der Waals surface area contributed by atoms with Gasteiger partial charge in [-0.1, -0.05) is 166 Å². The van der Waals surface area contributed by atoms with Gasteiger partial charge >= 0.3 is 11.9 Å². The van der Waals surface area contributed by atoms with Gasteiger partial charge in [0.25, 0.3) is 0 Å². The van der Waals surface area contributed by atoms with E-state index in [-0.39, 0.29) is 18.0 Å². The summed E-state index contributed by atoms with van der Waals surface area (Å²) in [5.74, 6) is -1.29. The number of nitrogens with one attached hydrogen (secondary N) is 1. The van der Waals surface area contributed by atoms with Gasteiger partial charge in [-0.05, 0) is 103 Å². The molecular weight excluding hydrogens is 697 g/mol. The van der Waals surface area contributed by atoms with Crippen LogP contribution in [0.4, 0.5) is 0 Å². The molecule has 1 amide bonds. The second-order valence-electron chi connectivity index (χ2n) is 15.8. The normalized spacial score (nSPS) is 13.1. The van der Waals surface area contributed by atoms with Crippen LogP contribution in [0.25, 0.3) is 0 Å². The summed E-state index contributed by atoms with van der Waals surface area (Å²) in [5.41, 5.74) is 5.48. The summed E-state index contributed by atoms with van der Waals surface area (Å²) in [7, 11) is 0. The predicted molar refractivity (Wildman–Crippen MR) is 239 cm³/mol. The average molecular weight is 785 g/mol. The monoisotopic (exact) mass is 785 g/mol. The second-order valence-corrected chi connectivity index (χ2v) is 15.8. The van der Waals surface area contributed by atoms with Crippen LogP contribution in [0.15, 0.2) is 48.6 Å². The first kappa shape index (κ1) is 53.3. The Kier molecular flexibility index (Phi) is 41.4. The molecular formula is C49H88N2O5. The van der Waals surface area contributed by atoms with Crippen molar-refractivity contribution in [3.8, 4) is 0 Å². The SMILES string of the molecule is CCCCC/C=C\C/C=C\C(CCCCCCCCC(=O)NC(CCCN)C(=O)O)OC(=O)CCCCCCCCCCC/C=C\C/C=C\CCCCCCC. The molecule has 0 aromatic carbocycles. The number of hydrogen-bond donors (Lipinski definition) is 3. The van der Waals surface area contributed by atoms with Crippen LogP contribution in [-0.2, 0) is 19.1 Å². The Balaban J connectivity index is 4.17. The molecule has 0 fully saturated rings. The van der Waals surface area contributed by atoms with E-state index in [4.69, 9.17) is 10.5 Å². The fraction of sp³-hybridized carbons (Fsp3) is 0.776. The van der Waals surface area contributed by atoms with Crippen molar-refractivity contribution >= 4 is 17.8 Å². The van der Waals surface area contributed by atoms with Gasteiger partial charge in [0, 0.05) is 12.8 Å². The van der Waals surface area contributed by atoms with Crippen molar-refractivity contribution in [1.29, 1.82) is 0 Å². The zero-order valence-corrected chi connectivity index (χ0v) is 36.5. The maximum Gasteiger partial charge on any atom is 0.326 e. The number of ether oxygens (including phenoxy) is 1. The summed E-state index contributed by atoms with van der Waals surface area (Å²) in [6.45, 7) is 4.90. The van der Waals surface area contributed by atoms with E-state index in [1.807, 2.05) is 0 Å². The minimum atomic E-state index is -1.01. The van der Waals surface area contributed by atoms with Crippen LogP contribution in [0, 0.1) is 0 Å². The summed E-state index contributed by atoms with van der Waals surface area (Å²) < 4.78 is 5.95. The van der Waals surface area contributed by atoms with E-state index in [1.54, 1.807) is 0 Å². The molecule has 0 rings (SSSR count). The molecule has 0 radical (unpaired) electrons. The maximum atomic E-state index is 12.8. The van der Waals surface area contributed by atoms with Crippen molar-refractivity contribution in [2.75, 3.05) is 6.54 Å². The largest absolute Gasteiger partial charge is 0.480 e. The van der Waals surface area contributed by atoms with Gasteiger partial charge in [-0.3, -0.25) is 9.59 Å². The van der Waals surface area contributed by atoms with Gasteiger partial charge in [-0.2, -0.15) is 0 Å². The number of carbonyl (C=O) groups excluding carboxylic acids is 2. The Morgan fingerprint density at radius 2 is 0.982 bits per heavy atom. The van der Waals surface area contributed by atoms with Crippen LogP contribution in [0.1, 0.15) is 226 Å². The highest BCUT2D eigenvalue weighted by molar-refractivity contribution is 5.83. The highest BCUT2D eigenvalue weighted by atomic mass is 16.5. The Morgan fingerprint density at radius 1 is 0.536 bits per heavy atom. The smallest absolute Gasteiger partial charge is 0.326 e. The molecule has 324 valence electrons. The van der Waals surface area contributed by atoms with Crippen LogP contribution in [0.5, 0.6) is 0 Å². The highest BCUT2D eigenvalue weighted by Crippen LogP contribution is 2.16. The maximum absolute atomic E-state index is 12.8. The zero-order valence-electron chi connectivity index (χ0n) is 36.5. The molecule has 0 saturated carbocycles. The molecule has 0 bridgehead atoms. The molecule has 7 heteroatoms. The quantitative estimate of drug-likeness (QED) is 0.0322.